The fourth-order valence-electron chi connectivity index (χ4n) is 2.68. The molecule has 4 aromatic rings. The lowest BCUT2D eigenvalue weighted by molar-refractivity contribution is 0.581. The van der Waals surface area contributed by atoms with E-state index < -0.39 is 0 Å². The highest BCUT2D eigenvalue weighted by atomic mass is 19.1. The topological polar surface area (TPSA) is 65.6 Å². The van der Waals surface area contributed by atoms with Crippen LogP contribution in [-0.2, 0) is 13.1 Å². The van der Waals surface area contributed by atoms with Gasteiger partial charge < -0.3 is 0 Å². The number of hydrogen-bond donors (Lipinski definition) is 0. The normalized spacial score (nSPS) is 11.2. The number of fused-ring (bicyclic) bond motifs is 1. The standard InChI is InChI=1S/C18H13F2N5O/c19-14-7-5-12(6-8-14)9-24-11-21-17-16(18(24)26)22-23-25(17)10-13-3-1-2-4-15(13)20/h1-8,11H,9-10H2. The zero-order chi connectivity index (χ0) is 18.1. The highest BCUT2D eigenvalue weighted by Crippen LogP contribution is 2.11. The third-order valence-electron chi connectivity index (χ3n) is 4.04. The van der Waals surface area contributed by atoms with E-state index >= 15 is 0 Å². The van der Waals surface area contributed by atoms with Crippen molar-refractivity contribution in [1.82, 2.24) is 24.5 Å². The Labute approximate surface area is 146 Å². The molecule has 0 spiro atoms. The lowest BCUT2D eigenvalue weighted by Gasteiger charge is -2.06. The zero-order valence-corrected chi connectivity index (χ0v) is 13.5. The van der Waals surface area contributed by atoms with Gasteiger partial charge in [-0.25, -0.2) is 18.4 Å². The van der Waals surface area contributed by atoms with E-state index in [0.717, 1.165) is 5.56 Å². The molecule has 2 heterocycles. The molecule has 2 aromatic carbocycles. The van der Waals surface area contributed by atoms with E-state index in [2.05, 4.69) is 15.3 Å². The lowest BCUT2D eigenvalue weighted by Crippen LogP contribution is -2.21. The monoisotopic (exact) mass is 353 g/mol. The van der Waals surface area contributed by atoms with E-state index in [0.29, 0.717) is 5.56 Å². The molecule has 4 rings (SSSR count). The van der Waals surface area contributed by atoms with Crippen molar-refractivity contribution in [1.29, 1.82) is 0 Å². The van der Waals surface area contributed by atoms with Gasteiger partial charge in [-0.2, -0.15) is 0 Å². The van der Waals surface area contributed by atoms with E-state index in [1.807, 2.05) is 0 Å². The van der Waals surface area contributed by atoms with Crippen LogP contribution in [0.2, 0.25) is 0 Å². The third kappa shape index (κ3) is 2.97. The van der Waals surface area contributed by atoms with Gasteiger partial charge in [0.05, 0.1) is 13.1 Å². The van der Waals surface area contributed by atoms with Crippen molar-refractivity contribution >= 4 is 11.2 Å². The van der Waals surface area contributed by atoms with Gasteiger partial charge in [0.25, 0.3) is 5.56 Å². The average molecular weight is 353 g/mol. The Balaban J connectivity index is 1.68. The largest absolute Gasteiger partial charge is 0.293 e. The molecule has 2 aromatic heterocycles. The molecule has 130 valence electrons. The molecule has 0 unspecified atom stereocenters. The predicted octanol–water partition coefficient (Wildman–Crippen LogP) is 2.36. The minimum atomic E-state index is -0.362. The van der Waals surface area contributed by atoms with E-state index in [-0.39, 0.29) is 41.4 Å². The maximum Gasteiger partial charge on any atom is 0.283 e. The summed E-state index contributed by atoms with van der Waals surface area (Å²) in [6.07, 6.45) is 1.38. The van der Waals surface area contributed by atoms with Gasteiger partial charge >= 0.3 is 0 Å². The molecule has 0 bridgehead atoms. The van der Waals surface area contributed by atoms with Crippen LogP contribution in [-0.4, -0.2) is 24.5 Å². The summed E-state index contributed by atoms with van der Waals surface area (Å²) in [6.45, 7) is 0.361. The van der Waals surface area contributed by atoms with Crippen LogP contribution in [0.15, 0.2) is 59.7 Å². The Bertz CT molecular complexity index is 1130. The molecule has 0 fully saturated rings. The molecule has 26 heavy (non-hydrogen) atoms. The molecular weight excluding hydrogens is 340 g/mol. The molecule has 0 saturated carbocycles. The fourth-order valence-corrected chi connectivity index (χ4v) is 2.68. The maximum absolute atomic E-state index is 13.8. The second kappa shape index (κ2) is 6.47. The Morgan fingerprint density at radius 2 is 1.73 bits per heavy atom. The molecular formula is C18H13F2N5O. The van der Waals surface area contributed by atoms with Gasteiger partial charge in [-0.15, -0.1) is 5.10 Å². The molecule has 0 atom stereocenters. The van der Waals surface area contributed by atoms with Gasteiger partial charge in [0.2, 0.25) is 0 Å². The summed E-state index contributed by atoms with van der Waals surface area (Å²) >= 11 is 0. The summed E-state index contributed by atoms with van der Waals surface area (Å²) in [6, 6.07) is 12.2. The summed E-state index contributed by atoms with van der Waals surface area (Å²) in [4.78, 5) is 16.8. The van der Waals surface area contributed by atoms with Crippen LogP contribution in [0.1, 0.15) is 11.1 Å². The Morgan fingerprint density at radius 1 is 0.962 bits per heavy atom. The van der Waals surface area contributed by atoms with Gasteiger partial charge in [0, 0.05) is 5.56 Å². The first-order valence-corrected chi connectivity index (χ1v) is 7.88. The van der Waals surface area contributed by atoms with Crippen LogP contribution in [0.5, 0.6) is 0 Å². The van der Waals surface area contributed by atoms with Gasteiger partial charge in [0.15, 0.2) is 11.2 Å². The van der Waals surface area contributed by atoms with Crippen LogP contribution >= 0.6 is 0 Å². The molecule has 0 radical (unpaired) electrons. The minimum absolute atomic E-state index is 0.103. The number of hydrogen-bond acceptors (Lipinski definition) is 4. The van der Waals surface area contributed by atoms with Gasteiger partial charge in [-0.05, 0) is 23.8 Å². The Hall–Kier alpha value is -3.42. The van der Waals surface area contributed by atoms with Gasteiger partial charge in [-0.1, -0.05) is 35.5 Å². The SMILES string of the molecule is O=c1c2nnn(Cc3ccccc3F)c2ncn1Cc1ccc(F)cc1. The number of benzene rings is 2. The first-order valence-electron chi connectivity index (χ1n) is 7.88. The van der Waals surface area contributed by atoms with Crippen molar-refractivity contribution in [3.05, 3.63) is 88.0 Å². The van der Waals surface area contributed by atoms with Crippen LogP contribution < -0.4 is 5.56 Å². The molecule has 0 saturated heterocycles. The fraction of sp³-hybridized carbons (Fsp3) is 0.111. The first kappa shape index (κ1) is 16.1. The van der Waals surface area contributed by atoms with Gasteiger partial charge in [0.1, 0.15) is 18.0 Å². The molecule has 6 nitrogen and oxygen atoms in total. The molecule has 0 aliphatic heterocycles. The summed E-state index contributed by atoms with van der Waals surface area (Å²) < 4.78 is 29.6. The van der Waals surface area contributed by atoms with Crippen molar-refractivity contribution in [3.8, 4) is 0 Å². The Kier molecular flexibility index (Phi) is 4.00. The number of nitrogens with zero attached hydrogens (tertiary/aromatic N) is 5. The summed E-state index contributed by atoms with van der Waals surface area (Å²) in [7, 11) is 0. The molecule has 8 heteroatoms. The number of rotatable bonds is 4. The van der Waals surface area contributed by atoms with Crippen molar-refractivity contribution in [3.63, 3.8) is 0 Å². The quantitative estimate of drug-likeness (QED) is 0.565. The smallest absolute Gasteiger partial charge is 0.283 e. The molecule has 0 aliphatic carbocycles. The number of halogens is 2. The summed E-state index contributed by atoms with van der Waals surface area (Å²) in [5, 5.41) is 7.82. The van der Waals surface area contributed by atoms with Crippen molar-refractivity contribution < 1.29 is 8.78 Å². The molecule has 0 amide bonds. The predicted molar refractivity (Wildman–Crippen MR) is 90.6 cm³/mol. The molecule has 0 aliphatic rings. The minimum Gasteiger partial charge on any atom is -0.293 e. The Morgan fingerprint density at radius 3 is 2.50 bits per heavy atom. The van der Waals surface area contributed by atoms with Crippen LogP contribution in [0.25, 0.3) is 11.2 Å². The van der Waals surface area contributed by atoms with Gasteiger partial charge in [-0.3, -0.25) is 9.36 Å². The van der Waals surface area contributed by atoms with E-state index in [9.17, 15) is 13.6 Å². The van der Waals surface area contributed by atoms with Crippen LogP contribution in [0.3, 0.4) is 0 Å². The second-order valence-electron chi connectivity index (χ2n) is 5.81. The summed E-state index contributed by atoms with van der Waals surface area (Å²) in [5.74, 6) is -0.702. The van der Waals surface area contributed by atoms with E-state index in [1.54, 1.807) is 30.3 Å². The van der Waals surface area contributed by atoms with Crippen molar-refractivity contribution in [2.24, 2.45) is 0 Å². The lowest BCUT2D eigenvalue weighted by atomic mass is 10.2. The van der Waals surface area contributed by atoms with Crippen LogP contribution in [0, 0.1) is 11.6 Å². The van der Waals surface area contributed by atoms with Crippen molar-refractivity contribution in [2.45, 2.75) is 13.1 Å². The first-order chi connectivity index (χ1) is 12.6. The summed E-state index contributed by atoms with van der Waals surface area (Å²) in [5.41, 5.74) is 1.21. The van der Waals surface area contributed by atoms with Crippen molar-refractivity contribution in [2.75, 3.05) is 0 Å². The number of aromatic nitrogens is 5. The zero-order valence-electron chi connectivity index (χ0n) is 13.5. The van der Waals surface area contributed by atoms with Crippen LogP contribution in [0.4, 0.5) is 8.78 Å². The molecule has 0 N–H and O–H groups in total. The average Bonchev–Trinajstić information content (AvgIpc) is 3.05. The van der Waals surface area contributed by atoms with E-state index in [1.165, 1.54) is 33.8 Å². The third-order valence-corrected chi connectivity index (χ3v) is 4.04. The maximum atomic E-state index is 13.8. The highest BCUT2D eigenvalue weighted by molar-refractivity contribution is 5.67. The highest BCUT2D eigenvalue weighted by Gasteiger charge is 2.13. The van der Waals surface area contributed by atoms with E-state index in [4.69, 9.17) is 0 Å². The second-order valence-corrected chi connectivity index (χ2v) is 5.81.